The average Bonchev–Trinajstić information content (AvgIpc) is 3.26. The highest BCUT2D eigenvalue weighted by atomic mass is 15.3. The van der Waals surface area contributed by atoms with E-state index in [4.69, 9.17) is 0 Å². The molecular formula is C16H34N4. The predicted octanol–water partition coefficient (Wildman–Crippen LogP) is 1.09. The van der Waals surface area contributed by atoms with Gasteiger partial charge in [-0.25, -0.2) is 0 Å². The molecule has 0 radical (unpaired) electrons. The lowest BCUT2D eigenvalue weighted by Crippen LogP contribution is -2.50. The van der Waals surface area contributed by atoms with E-state index in [9.17, 15) is 0 Å². The Labute approximate surface area is 125 Å². The summed E-state index contributed by atoms with van der Waals surface area (Å²) in [5, 5.41) is 3.62. The SMILES string of the molecule is CC(CCCNC1CC1)N1CCN(CCN(C)C)CC1. The smallest absolute Gasteiger partial charge is 0.0113 e. The first-order valence-electron chi connectivity index (χ1n) is 8.49. The third-order valence-electron chi connectivity index (χ3n) is 4.70. The van der Waals surface area contributed by atoms with Gasteiger partial charge in [-0.2, -0.15) is 0 Å². The number of nitrogens with zero attached hydrogens (tertiary/aromatic N) is 3. The van der Waals surface area contributed by atoms with Crippen LogP contribution in [0.4, 0.5) is 0 Å². The van der Waals surface area contributed by atoms with Gasteiger partial charge in [-0.05, 0) is 53.2 Å². The Hall–Kier alpha value is -0.160. The second-order valence-electron chi connectivity index (χ2n) is 6.90. The second-order valence-corrected chi connectivity index (χ2v) is 6.90. The molecule has 0 aromatic heterocycles. The molecule has 1 saturated heterocycles. The van der Waals surface area contributed by atoms with Crippen molar-refractivity contribution < 1.29 is 0 Å². The Kier molecular flexibility index (Phi) is 6.75. The molecule has 20 heavy (non-hydrogen) atoms. The van der Waals surface area contributed by atoms with E-state index in [-0.39, 0.29) is 0 Å². The second kappa shape index (κ2) is 8.32. The Morgan fingerprint density at radius 1 is 1.15 bits per heavy atom. The van der Waals surface area contributed by atoms with E-state index in [2.05, 4.69) is 41.0 Å². The third kappa shape index (κ3) is 6.08. The molecule has 0 bridgehead atoms. The molecule has 2 rings (SSSR count). The van der Waals surface area contributed by atoms with Gasteiger partial charge in [0.1, 0.15) is 0 Å². The van der Waals surface area contributed by atoms with Gasteiger partial charge >= 0.3 is 0 Å². The van der Waals surface area contributed by atoms with E-state index in [1.165, 1.54) is 71.5 Å². The normalized spacial score (nSPS) is 23.4. The van der Waals surface area contributed by atoms with Gasteiger partial charge in [0.25, 0.3) is 0 Å². The molecule has 0 amide bonds. The van der Waals surface area contributed by atoms with Crippen molar-refractivity contribution in [2.24, 2.45) is 0 Å². The molecule has 118 valence electrons. The number of nitrogens with one attached hydrogen (secondary N) is 1. The topological polar surface area (TPSA) is 21.8 Å². The van der Waals surface area contributed by atoms with Gasteiger partial charge in [-0.15, -0.1) is 0 Å². The van der Waals surface area contributed by atoms with Crippen LogP contribution in [-0.4, -0.2) is 86.7 Å². The summed E-state index contributed by atoms with van der Waals surface area (Å²) in [6.45, 7) is 11.0. The van der Waals surface area contributed by atoms with E-state index in [1.807, 2.05) is 0 Å². The fraction of sp³-hybridized carbons (Fsp3) is 1.00. The van der Waals surface area contributed by atoms with Gasteiger partial charge in [0.2, 0.25) is 0 Å². The fourth-order valence-electron chi connectivity index (χ4n) is 2.94. The highest BCUT2D eigenvalue weighted by Gasteiger charge is 2.22. The number of piperazine rings is 1. The van der Waals surface area contributed by atoms with E-state index in [0.717, 1.165) is 12.1 Å². The molecule has 1 aliphatic heterocycles. The number of likely N-dealkylation sites (N-methyl/N-ethyl adjacent to an activating group) is 1. The zero-order chi connectivity index (χ0) is 14.4. The van der Waals surface area contributed by atoms with E-state index in [1.54, 1.807) is 0 Å². The van der Waals surface area contributed by atoms with Crippen molar-refractivity contribution in [3.05, 3.63) is 0 Å². The maximum atomic E-state index is 3.62. The van der Waals surface area contributed by atoms with Crippen molar-refractivity contribution >= 4 is 0 Å². The maximum absolute atomic E-state index is 3.62. The molecular weight excluding hydrogens is 248 g/mol. The zero-order valence-electron chi connectivity index (χ0n) is 13.8. The minimum absolute atomic E-state index is 0.756. The predicted molar refractivity (Wildman–Crippen MR) is 86.3 cm³/mol. The standard InChI is InChI=1S/C16H34N4/c1-15(5-4-8-17-16-6-7-16)20-13-11-19(12-14-20)10-9-18(2)3/h15-17H,4-14H2,1-3H3. The Morgan fingerprint density at radius 3 is 2.45 bits per heavy atom. The van der Waals surface area contributed by atoms with Crippen LogP contribution in [0.15, 0.2) is 0 Å². The summed E-state index contributed by atoms with van der Waals surface area (Å²) in [6, 6.07) is 1.62. The first-order valence-corrected chi connectivity index (χ1v) is 8.49. The quantitative estimate of drug-likeness (QED) is 0.639. The van der Waals surface area contributed by atoms with Gasteiger partial charge in [0.15, 0.2) is 0 Å². The van der Waals surface area contributed by atoms with E-state index < -0.39 is 0 Å². The lowest BCUT2D eigenvalue weighted by Gasteiger charge is -2.38. The van der Waals surface area contributed by atoms with Gasteiger partial charge in [0.05, 0.1) is 0 Å². The van der Waals surface area contributed by atoms with Gasteiger partial charge in [-0.1, -0.05) is 0 Å². The highest BCUT2D eigenvalue weighted by Crippen LogP contribution is 2.18. The fourth-order valence-corrected chi connectivity index (χ4v) is 2.94. The van der Waals surface area contributed by atoms with E-state index >= 15 is 0 Å². The van der Waals surface area contributed by atoms with Crippen molar-refractivity contribution in [2.75, 3.05) is 59.9 Å². The van der Waals surface area contributed by atoms with Gasteiger partial charge < -0.3 is 10.2 Å². The molecule has 4 nitrogen and oxygen atoms in total. The Morgan fingerprint density at radius 2 is 1.85 bits per heavy atom. The molecule has 0 spiro atoms. The van der Waals surface area contributed by atoms with E-state index in [0.29, 0.717) is 0 Å². The first kappa shape index (κ1) is 16.2. The number of rotatable bonds is 9. The van der Waals surface area contributed by atoms with Gasteiger partial charge in [0, 0.05) is 51.4 Å². The summed E-state index contributed by atoms with van der Waals surface area (Å²) < 4.78 is 0. The lowest BCUT2D eigenvalue weighted by molar-refractivity contribution is 0.0936. The minimum Gasteiger partial charge on any atom is -0.314 e. The molecule has 1 heterocycles. The van der Waals surface area contributed by atoms with Crippen LogP contribution in [0.5, 0.6) is 0 Å². The number of hydrogen-bond donors (Lipinski definition) is 1. The van der Waals surface area contributed by atoms with Crippen molar-refractivity contribution in [3.8, 4) is 0 Å². The Bertz CT molecular complexity index is 257. The van der Waals surface area contributed by atoms with Crippen LogP contribution in [0.3, 0.4) is 0 Å². The lowest BCUT2D eigenvalue weighted by atomic mass is 10.1. The van der Waals surface area contributed by atoms with Crippen LogP contribution in [-0.2, 0) is 0 Å². The van der Waals surface area contributed by atoms with Gasteiger partial charge in [-0.3, -0.25) is 9.80 Å². The first-order chi connectivity index (χ1) is 9.65. The molecule has 1 saturated carbocycles. The summed E-state index contributed by atoms with van der Waals surface area (Å²) in [5.74, 6) is 0. The molecule has 1 aliphatic carbocycles. The van der Waals surface area contributed by atoms with Crippen LogP contribution in [0.2, 0.25) is 0 Å². The van der Waals surface area contributed by atoms with Crippen LogP contribution in [0.1, 0.15) is 32.6 Å². The summed E-state index contributed by atoms with van der Waals surface area (Å²) in [7, 11) is 4.32. The monoisotopic (exact) mass is 282 g/mol. The molecule has 0 aromatic carbocycles. The van der Waals surface area contributed by atoms with Crippen LogP contribution in [0.25, 0.3) is 0 Å². The summed E-state index contributed by atoms with van der Waals surface area (Å²) >= 11 is 0. The third-order valence-corrected chi connectivity index (χ3v) is 4.70. The molecule has 1 N–H and O–H groups in total. The number of hydrogen-bond acceptors (Lipinski definition) is 4. The van der Waals surface area contributed by atoms with Crippen molar-refractivity contribution in [1.29, 1.82) is 0 Å². The molecule has 2 aliphatic rings. The van der Waals surface area contributed by atoms with Crippen LogP contribution >= 0.6 is 0 Å². The summed E-state index contributed by atoms with van der Waals surface area (Å²) in [6.07, 6.45) is 5.49. The Balaban J connectivity index is 1.52. The molecule has 2 fully saturated rings. The zero-order valence-corrected chi connectivity index (χ0v) is 13.8. The molecule has 1 unspecified atom stereocenters. The largest absolute Gasteiger partial charge is 0.314 e. The van der Waals surface area contributed by atoms with Crippen molar-refractivity contribution in [2.45, 2.75) is 44.7 Å². The van der Waals surface area contributed by atoms with Crippen molar-refractivity contribution in [3.63, 3.8) is 0 Å². The molecule has 4 heteroatoms. The van der Waals surface area contributed by atoms with Crippen LogP contribution < -0.4 is 5.32 Å². The summed E-state index contributed by atoms with van der Waals surface area (Å²) in [5.41, 5.74) is 0. The molecule has 0 aromatic rings. The van der Waals surface area contributed by atoms with Crippen LogP contribution in [0, 0.1) is 0 Å². The molecule has 1 atom stereocenters. The maximum Gasteiger partial charge on any atom is 0.0113 e. The summed E-state index contributed by atoms with van der Waals surface area (Å²) in [4.78, 5) is 7.57. The minimum atomic E-state index is 0.756. The average molecular weight is 282 g/mol. The highest BCUT2D eigenvalue weighted by molar-refractivity contribution is 4.81. The van der Waals surface area contributed by atoms with Crippen molar-refractivity contribution in [1.82, 2.24) is 20.0 Å².